The molecule has 2 rings (SSSR count). The number of ether oxygens (including phenoxy) is 2. The zero-order valence-corrected chi connectivity index (χ0v) is 16.3. The minimum absolute atomic E-state index is 0.152. The Kier molecular flexibility index (Phi) is 7.08. The molecule has 0 unspecified atom stereocenters. The van der Waals surface area contributed by atoms with Gasteiger partial charge in [-0.25, -0.2) is 5.43 Å². The lowest BCUT2D eigenvalue weighted by molar-refractivity contribution is -0.385. The molecule has 0 bridgehead atoms. The summed E-state index contributed by atoms with van der Waals surface area (Å²) < 4.78 is 10.6. The van der Waals surface area contributed by atoms with Gasteiger partial charge in [0.25, 0.3) is 5.91 Å². The molecule has 0 aliphatic carbocycles. The van der Waals surface area contributed by atoms with Crippen LogP contribution in [0.15, 0.2) is 41.5 Å². The largest absolute Gasteiger partial charge is 0.490 e. The topological polar surface area (TPSA) is 103 Å². The van der Waals surface area contributed by atoms with Crippen LogP contribution in [0, 0.1) is 17.0 Å². The predicted octanol–water partition coefficient (Wildman–Crippen LogP) is 3.56. The average Bonchev–Trinajstić information content (AvgIpc) is 2.66. The van der Waals surface area contributed by atoms with E-state index < -0.39 is 10.8 Å². The van der Waals surface area contributed by atoms with E-state index in [2.05, 4.69) is 24.4 Å². The summed E-state index contributed by atoms with van der Waals surface area (Å²) in [5.74, 6) is 0.650. The van der Waals surface area contributed by atoms with Crippen molar-refractivity contribution in [2.24, 2.45) is 5.10 Å². The summed E-state index contributed by atoms with van der Waals surface area (Å²) in [7, 11) is 1.36. The van der Waals surface area contributed by atoms with E-state index >= 15 is 0 Å². The van der Waals surface area contributed by atoms with Gasteiger partial charge < -0.3 is 9.47 Å². The van der Waals surface area contributed by atoms with E-state index in [0.717, 1.165) is 11.1 Å². The number of amides is 1. The number of rotatable bonds is 8. The van der Waals surface area contributed by atoms with Gasteiger partial charge in [-0.3, -0.25) is 14.9 Å². The van der Waals surface area contributed by atoms with Crippen LogP contribution < -0.4 is 14.9 Å². The van der Waals surface area contributed by atoms with Crippen molar-refractivity contribution >= 4 is 17.8 Å². The first-order valence-corrected chi connectivity index (χ1v) is 8.69. The molecule has 0 spiro atoms. The molecule has 1 N–H and O–H groups in total. The van der Waals surface area contributed by atoms with Crippen LogP contribution in [0.3, 0.4) is 0 Å². The van der Waals surface area contributed by atoms with E-state index in [-0.39, 0.29) is 24.0 Å². The van der Waals surface area contributed by atoms with Crippen LogP contribution in [0.25, 0.3) is 0 Å². The van der Waals surface area contributed by atoms with Gasteiger partial charge in [0.2, 0.25) is 0 Å². The Bertz CT molecular complexity index is 893. The molecule has 0 aliphatic heterocycles. The van der Waals surface area contributed by atoms with Gasteiger partial charge >= 0.3 is 5.69 Å². The van der Waals surface area contributed by atoms with Gasteiger partial charge in [0.1, 0.15) is 5.75 Å². The van der Waals surface area contributed by atoms with Crippen molar-refractivity contribution in [1.29, 1.82) is 0 Å². The predicted molar refractivity (Wildman–Crippen MR) is 106 cm³/mol. The fourth-order valence-electron chi connectivity index (χ4n) is 2.53. The fraction of sp³-hybridized carbons (Fsp3) is 0.300. The number of nitrogens with one attached hydrogen (secondary N) is 1. The van der Waals surface area contributed by atoms with Crippen molar-refractivity contribution in [3.05, 3.63) is 63.2 Å². The minimum Gasteiger partial charge on any atom is -0.490 e. The molecule has 0 radical (unpaired) electrons. The van der Waals surface area contributed by atoms with E-state index in [4.69, 9.17) is 9.47 Å². The summed E-state index contributed by atoms with van der Waals surface area (Å²) in [6, 6.07) is 10.3. The monoisotopic (exact) mass is 385 g/mol. The number of aryl methyl sites for hydroxylation is 1. The van der Waals surface area contributed by atoms with Crippen molar-refractivity contribution in [3.8, 4) is 11.5 Å². The third kappa shape index (κ3) is 5.54. The number of hydrogen-bond acceptors (Lipinski definition) is 6. The second kappa shape index (κ2) is 9.50. The molecule has 0 atom stereocenters. The van der Waals surface area contributed by atoms with E-state index in [1.165, 1.54) is 25.5 Å². The molecule has 0 aromatic heterocycles. The molecule has 0 saturated heterocycles. The van der Waals surface area contributed by atoms with Gasteiger partial charge in [0.15, 0.2) is 12.4 Å². The lowest BCUT2D eigenvalue weighted by atomic mass is 10.0. The Morgan fingerprint density at radius 1 is 1.25 bits per heavy atom. The zero-order valence-electron chi connectivity index (χ0n) is 16.3. The summed E-state index contributed by atoms with van der Waals surface area (Å²) in [6.07, 6.45) is 1.32. The number of nitrogens with zero attached hydrogens (tertiary/aromatic N) is 2. The van der Waals surface area contributed by atoms with Crippen LogP contribution in [0.5, 0.6) is 11.5 Å². The van der Waals surface area contributed by atoms with Crippen molar-refractivity contribution in [2.75, 3.05) is 13.7 Å². The van der Waals surface area contributed by atoms with Gasteiger partial charge in [-0.15, -0.1) is 0 Å². The van der Waals surface area contributed by atoms with E-state index in [9.17, 15) is 14.9 Å². The first-order valence-electron chi connectivity index (χ1n) is 8.69. The van der Waals surface area contributed by atoms with Crippen molar-refractivity contribution < 1.29 is 19.2 Å². The molecule has 0 aliphatic rings. The lowest BCUT2D eigenvalue weighted by Crippen LogP contribution is -2.25. The Hall–Kier alpha value is -3.42. The number of nitro groups is 1. The number of hydrogen-bond donors (Lipinski definition) is 1. The second-order valence-electron chi connectivity index (χ2n) is 6.47. The van der Waals surface area contributed by atoms with Crippen LogP contribution in [0.4, 0.5) is 5.69 Å². The minimum atomic E-state index is -0.545. The van der Waals surface area contributed by atoms with Crippen molar-refractivity contribution in [3.63, 3.8) is 0 Å². The summed E-state index contributed by atoms with van der Waals surface area (Å²) in [5, 5.41) is 14.8. The zero-order chi connectivity index (χ0) is 20.7. The molecule has 0 saturated carbocycles. The van der Waals surface area contributed by atoms with Crippen LogP contribution >= 0.6 is 0 Å². The number of hydrazone groups is 1. The Balaban J connectivity index is 1.97. The second-order valence-corrected chi connectivity index (χ2v) is 6.47. The molecule has 0 heterocycles. The molecule has 148 valence electrons. The number of benzene rings is 2. The third-order valence-electron chi connectivity index (χ3n) is 3.95. The van der Waals surface area contributed by atoms with Gasteiger partial charge in [-0.05, 0) is 42.2 Å². The van der Waals surface area contributed by atoms with Gasteiger partial charge in [-0.2, -0.15) is 5.10 Å². The number of carbonyl (C=O) groups is 1. The summed E-state index contributed by atoms with van der Waals surface area (Å²) >= 11 is 0. The molecule has 8 heteroatoms. The summed E-state index contributed by atoms with van der Waals surface area (Å²) in [5.41, 5.74) is 4.68. The number of methoxy groups -OCH3 is 1. The van der Waals surface area contributed by atoms with Gasteiger partial charge in [-0.1, -0.05) is 26.0 Å². The highest BCUT2D eigenvalue weighted by atomic mass is 16.6. The molecule has 2 aromatic rings. The summed E-state index contributed by atoms with van der Waals surface area (Å²) in [6.45, 7) is 5.87. The smallest absolute Gasteiger partial charge is 0.311 e. The first kappa shape index (κ1) is 20.9. The highest BCUT2D eigenvalue weighted by Gasteiger charge is 2.14. The highest BCUT2D eigenvalue weighted by Crippen LogP contribution is 2.28. The van der Waals surface area contributed by atoms with Crippen LogP contribution in [-0.2, 0) is 4.79 Å². The summed E-state index contributed by atoms with van der Waals surface area (Å²) in [4.78, 5) is 22.5. The Morgan fingerprint density at radius 2 is 2.00 bits per heavy atom. The van der Waals surface area contributed by atoms with Crippen molar-refractivity contribution in [1.82, 2.24) is 5.43 Å². The molecule has 1 amide bonds. The van der Waals surface area contributed by atoms with E-state index in [0.29, 0.717) is 11.3 Å². The molecular weight excluding hydrogens is 362 g/mol. The third-order valence-corrected chi connectivity index (χ3v) is 3.95. The SMILES string of the molecule is COc1ccc(/C=N/NC(=O)COc2cc(C)ccc2C(C)C)cc1[N+](=O)[O-]. The van der Waals surface area contributed by atoms with Gasteiger partial charge in [0, 0.05) is 11.6 Å². The quantitative estimate of drug-likeness (QED) is 0.425. The Morgan fingerprint density at radius 3 is 2.64 bits per heavy atom. The molecule has 28 heavy (non-hydrogen) atoms. The molecular formula is C20H23N3O5. The van der Waals surface area contributed by atoms with Crippen LogP contribution in [0.2, 0.25) is 0 Å². The first-order chi connectivity index (χ1) is 13.3. The van der Waals surface area contributed by atoms with Crippen molar-refractivity contribution in [2.45, 2.75) is 26.7 Å². The van der Waals surface area contributed by atoms with Crippen LogP contribution in [0.1, 0.15) is 36.5 Å². The average molecular weight is 385 g/mol. The van der Waals surface area contributed by atoms with E-state index in [1.807, 2.05) is 25.1 Å². The molecule has 8 nitrogen and oxygen atoms in total. The molecule has 0 fully saturated rings. The maximum atomic E-state index is 12.0. The Labute approximate surface area is 163 Å². The standard InChI is InChI=1S/C20H23N3O5/c1-13(2)16-7-5-14(3)9-19(16)28-12-20(24)22-21-11-15-6-8-18(27-4)17(10-15)23(25)26/h5-11,13H,12H2,1-4H3,(H,22,24)/b21-11+. The molecule has 2 aromatic carbocycles. The normalized spacial score (nSPS) is 10.9. The maximum Gasteiger partial charge on any atom is 0.311 e. The van der Waals surface area contributed by atoms with E-state index in [1.54, 1.807) is 6.07 Å². The maximum absolute atomic E-state index is 12.0. The number of carbonyl (C=O) groups excluding carboxylic acids is 1. The van der Waals surface area contributed by atoms with Gasteiger partial charge in [0.05, 0.1) is 18.2 Å². The fourth-order valence-corrected chi connectivity index (χ4v) is 2.53. The lowest BCUT2D eigenvalue weighted by Gasteiger charge is -2.14. The number of nitro benzene ring substituents is 1. The van der Waals surface area contributed by atoms with Crippen LogP contribution in [-0.4, -0.2) is 30.8 Å². The highest BCUT2D eigenvalue weighted by molar-refractivity contribution is 5.84.